The molecule has 0 saturated heterocycles. The number of esters is 4. The second-order valence-corrected chi connectivity index (χ2v) is 31.9. The molecule has 0 bridgehead atoms. The molecule has 100 heavy (non-hydrogen) atoms. The number of phosphoric acid groups is 2. The van der Waals surface area contributed by atoms with Gasteiger partial charge in [0.1, 0.15) is 19.3 Å². The van der Waals surface area contributed by atoms with Gasteiger partial charge in [-0.25, -0.2) is 9.13 Å². The Bertz CT molecular complexity index is 2000. The predicted octanol–water partition coefficient (Wildman–Crippen LogP) is 24.0. The third-order valence-electron chi connectivity index (χ3n) is 18.4. The summed E-state index contributed by atoms with van der Waals surface area (Å²) in [5, 5.41) is 10.6. The molecule has 0 saturated carbocycles. The van der Waals surface area contributed by atoms with Crippen molar-refractivity contribution in [2.45, 2.75) is 425 Å². The number of hydrogen-bond acceptors (Lipinski definition) is 15. The second kappa shape index (κ2) is 73.4. The average Bonchev–Trinajstić information content (AvgIpc) is 0.941. The lowest BCUT2D eigenvalue weighted by Gasteiger charge is -2.21. The molecule has 0 aromatic rings. The molecule has 0 aliphatic carbocycles. The largest absolute Gasteiger partial charge is 0.472 e. The highest BCUT2D eigenvalue weighted by molar-refractivity contribution is 7.47. The van der Waals surface area contributed by atoms with Gasteiger partial charge in [-0.2, -0.15) is 0 Å². The van der Waals surface area contributed by atoms with Crippen molar-refractivity contribution in [2.75, 3.05) is 39.6 Å². The molecular weight excluding hydrogens is 1310 g/mol. The highest BCUT2D eigenvalue weighted by Crippen LogP contribution is 2.45. The van der Waals surface area contributed by atoms with Crippen LogP contribution in [-0.4, -0.2) is 96.7 Å². The summed E-state index contributed by atoms with van der Waals surface area (Å²) in [6.07, 6.45) is 67.4. The van der Waals surface area contributed by atoms with Crippen molar-refractivity contribution in [3.05, 3.63) is 24.3 Å². The molecule has 0 heterocycles. The van der Waals surface area contributed by atoms with E-state index in [0.29, 0.717) is 25.7 Å². The Morgan fingerprint density at radius 1 is 0.310 bits per heavy atom. The van der Waals surface area contributed by atoms with Crippen molar-refractivity contribution >= 4 is 39.5 Å². The maximum absolute atomic E-state index is 13.1. The van der Waals surface area contributed by atoms with E-state index in [0.717, 1.165) is 109 Å². The van der Waals surface area contributed by atoms with Crippen LogP contribution >= 0.6 is 15.6 Å². The summed E-state index contributed by atoms with van der Waals surface area (Å²) in [7, 11) is -9.93. The maximum Gasteiger partial charge on any atom is 0.472 e. The monoisotopic (exact) mass is 1460 g/mol. The molecular formula is C81H154O17P2. The lowest BCUT2D eigenvalue weighted by atomic mass is 10.0. The molecule has 0 radical (unpaired) electrons. The average molecular weight is 1460 g/mol. The van der Waals surface area contributed by atoms with E-state index in [1.165, 1.54) is 218 Å². The van der Waals surface area contributed by atoms with Crippen molar-refractivity contribution in [1.82, 2.24) is 0 Å². The third kappa shape index (κ3) is 73.8. The molecule has 3 N–H and O–H groups in total. The highest BCUT2D eigenvalue weighted by Gasteiger charge is 2.30. The highest BCUT2D eigenvalue weighted by atomic mass is 31.2. The maximum atomic E-state index is 13.1. The Balaban J connectivity index is 5.25. The summed E-state index contributed by atoms with van der Waals surface area (Å²) in [5.41, 5.74) is 0. The van der Waals surface area contributed by atoms with Crippen molar-refractivity contribution in [3.8, 4) is 0 Å². The summed E-state index contributed by atoms with van der Waals surface area (Å²) in [6.45, 7) is 7.28. The second-order valence-electron chi connectivity index (χ2n) is 29.0. The number of aliphatic hydroxyl groups excluding tert-OH is 1. The van der Waals surface area contributed by atoms with Crippen LogP contribution in [0.2, 0.25) is 0 Å². The lowest BCUT2D eigenvalue weighted by Crippen LogP contribution is -2.30. The standard InChI is InChI=1S/C81H154O17P2/c1-6-9-12-15-18-21-23-25-27-28-33-36-40-45-50-55-60-65-79(84)92-71-77(98-81(86)67-62-57-52-47-42-38-34-30-29-32-35-39-44-48-53-58-63-74(4)5)73-96-100(89,90)94-69-75(82)68-93-99(87,88)95-72-76(70-91-78(83)64-59-54-49-43-20-17-14-11-8-3)97-80(85)66-61-56-51-46-41-37-31-26-24-22-19-16-13-10-7-2/h22,24,26,31,74-77,82H,6-21,23,25,27-30,32-73H2,1-5H3,(H,87,88)(H,89,90)/b24-22-,31-26-/t75-,76+,77+/m0/s1. The van der Waals surface area contributed by atoms with Gasteiger partial charge < -0.3 is 33.8 Å². The molecule has 0 spiro atoms. The van der Waals surface area contributed by atoms with Crippen LogP contribution < -0.4 is 0 Å². The van der Waals surface area contributed by atoms with Crippen molar-refractivity contribution in [3.63, 3.8) is 0 Å². The first kappa shape index (κ1) is 97.5. The van der Waals surface area contributed by atoms with Gasteiger partial charge in [-0.1, -0.05) is 354 Å². The van der Waals surface area contributed by atoms with Gasteiger partial charge in [-0.15, -0.1) is 0 Å². The molecule has 0 rings (SSSR count). The van der Waals surface area contributed by atoms with Gasteiger partial charge in [-0.3, -0.25) is 37.3 Å². The van der Waals surface area contributed by atoms with Gasteiger partial charge in [0, 0.05) is 25.7 Å². The van der Waals surface area contributed by atoms with Crippen molar-refractivity contribution < 1.29 is 80.2 Å². The fraction of sp³-hybridized carbons (Fsp3) is 0.901. The molecule has 0 aliphatic heterocycles. The zero-order valence-corrected chi connectivity index (χ0v) is 66.6. The first-order valence-electron chi connectivity index (χ1n) is 41.5. The molecule has 0 fully saturated rings. The molecule has 590 valence electrons. The van der Waals surface area contributed by atoms with E-state index < -0.39 is 97.5 Å². The van der Waals surface area contributed by atoms with E-state index in [1.807, 2.05) is 0 Å². The van der Waals surface area contributed by atoms with Gasteiger partial charge in [-0.05, 0) is 57.3 Å². The summed E-state index contributed by atoms with van der Waals surface area (Å²) >= 11 is 0. The minimum absolute atomic E-state index is 0.0854. The Morgan fingerprint density at radius 2 is 0.540 bits per heavy atom. The number of hydrogen-bond donors (Lipinski definition) is 3. The van der Waals surface area contributed by atoms with E-state index in [-0.39, 0.29) is 25.7 Å². The minimum atomic E-state index is -4.97. The van der Waals surface area contributed by atoms with Crippen LogP contribution in [0, 0.1) is 5.92 Å². The number of allylic oxidation sites excluding steroid dienone is 4. The van der Waals surface area contributed by atoms with Crippen LogP contribution in [0.4, 0.5) is 0 Å². The zero-order chi connectivity index (χ0) is 73.4. The SMILES string of the molecule is CCCCCC/C=C\C=C/CCCCCCCC(=O)O[C@H](COC(=O)CCCCCCCCCCC)COP(=O)(O)OC[C@H](O)COP(=O)(O)OC[C@@H](COC(=O)CCCCCCCCCCCCCCCCCCC)OC(=O)CCCCCCCCCCCCCCCCCCC(C)C. The molecule has 0 aromatic carbocycles. The quantitative estimate of drug-likeness (QED) is 0.0169. The van der Waals surface area contributed by atoms with Crippen molar-refractivity contribution in [1.29, 1.82) is 0 Å². The summed E-state index contributed by atoms with van der Waals surface area (Å²) in [4.78, 5) is 72.9. The van der Waals surface area contributed by atoms with E-state index in [1.54, 1.807) is 0 Å². The van der Waals surface area contributed by atoms with Gasteiger partial charge >= 0.3 is 39.5 Å². The van der Waals surface area contributed by atoms with Crippen LogP contribution in [0.5, 0.6) is 0 Å². The van der Waals surface area contributed by atoms with Crippen LogP contribution in [0.1, 0.15) is 407 Å². The molecule has 0 aromatic heterocycles. The number of phosphoric ester groups is 2. The predicted molar refractivity (Wildman–Crippen MR) is 409 cm³/mol. The summed E-state index contributed by atoms with van der Waals surface area (Å²) in [6, 6.07) is 0. The Labute approximate surface area is 612 Å². The van der Waals surface area contributed by atoms with Crippen LogP contribution in [-0.2, 0) is 65.4 Å². The molecule has 19 heteroatoms. The summed E-state index contributed by atoms with van der Waals surface area (Å²) in [5.74, 6) is -1.33. The van der Waals surface area contributed by atoms with Gasteiger partial charge in [0.05, 0.1) is 26.4 Å². The first-order valence-corrected chi connectivity index (χ1v) is 44.4. The number of rotatable bonds is 79. The van der Waals surface area contributed by atoms with Crippen LogP contribution in [0.15, 0.2) is 24.3 Å². The normalized spacial score (nSPS) is 14.0. The number of carbonyl (C=O) groups is 4. The molecule has 2 unspecified atom stereocenters. The molecule has 0 amide bonds. The zero-order valence-electron chi connectivity index (χ0n) is 64.8. The van der Waals surface area contributed by atoms with E-state index in [4.69, 9.17) is 37.0 Å². The van der Waals surface area contributed by atoms with Gasteiger partial charge in [0.2, 0.25) is 0 Å². The van der Waals surface area contributed by atoms with E-state index in [9.17, 15) is 43.2 Å². The third-order valence-corrected chi connectivity index (χ3v) is 20.3. The van der Waals surface area contributed by atoms with Crippen LogP contribution in [0.25, 0.3) is 0 Å². The fourth-order valence-electron chi connectivity index (χ4n) is 12.0. The lowest BCUT2D eigenvalue weighted by molar-refractivity contribution is -0.161. The Hall–Kier alpha value is -2.46. The van der Waals surface area contributed by atoms with E-state index >= 15 is 0 Å². The van der Waals surface area contributed by atoms with Gasteiger partial charge in [0.25, 0.3) is 0 Å². The smallest absolute Gasteiger partial charge is 0.462 e. The first-order chi connectivity index (χ1) is 48.5. The molecule has 5 atom stereocenters. The topological polar surface area (TPSA) is 237 Å². The van der Waals surface area contributed by atoms with Crippen LogP contribution in [0.3, 0.4) is 0 Å². The minimum Gasteiger partial charge on any atom is -0.462 e. The van der Waals surface area contributed by atoms with E-state index in [2.05, 4.69) is 58.9 Å². The molecule has 0 aliphatic rings. The number of carbonyl (C=O) groups excluding carboxylic acids is 4. The van der Waals surface area contributed by atoms with Crippen molar-refractivity contribution in [2.24, 2.45) is 5.92 Å². The Kier molecular flexibility index (Phi) is 71.6. The fourth-order valence-corrected chi connectivity index (χ4v) is 13.6. The molecule has 17 nitrogen and oxygen atoms in total. The summed E-state index contributed by atoms with van der Waals surface area (Å²) < 4.78 is 68.6. The number of unbranched alkanes of at least 4 members (excludes halogenated alkanes) is 48. The van der Waals surface area contributed by atoms with Gasteiger partial charge in [0.15, 0.2) is 12.2 Å². The number of aliphatic hydroxyl groups is 1. The number of ether oxygens (including phenoxy) is 4. The Morgan fingerprint density at radius 3 is 0.820 bits per heavy atom.